The van der Waals surface area contributed by atoms with Crippen molar-refractivity contribution in [1.82, 2.24) is 4.98 Å². The number of hydrogen-bond acceptors (Lipinski definition) is 5. The number of hydrogen-bond donors (Lipinski definition) is 2. The highest BCUT2D eigenvalue weighted by Gasteiger charge is 2.14. The Labute approximate surface area is 178 Å². The molecule has 0 fully saturated rings. The SMILES string of the molecule is O=C(CSCc1ccccc1Cl)Nc1ccc(S(=O)(=O)Nc2cccnc2)cc1. The first-order valence-electron chi connectivity index (χ1n) is 8.58. The number of pyridine rings is 1. The first-order chi connectivity index (χ1) is 13.9. The van der Waals surface area contributed by atoms with E-state index in [1.54, 1.807) is 30.5 Å². The van der Waals surface area contributed by atoms with Crippen LogP contribution in [0.2, 0.25) is 5.02 Å². The van der Waals surface area contributed by atoms with E-state index in [9.17, 15) is 13.2 Å². The summed E-state index contributed by atoms with van der Waals surface area (Å²) in [6.45, 7) is 0. The minimum Gasteiger partial charge on any atom is -0.325 e. The lowest BCUT2D eigenvalue weighted by Gasteiger charge is -2.09. The Morgan fingerprint density at radius 1 is 1.00 bits per heavy atom. The van der Waals surface area contributed by atoms with E-state index >= 15 is 0 Å². The molecule has 6 nitrogen and oxygen atoms in total. The highest BCUT2D eigenvalue weighted by Crippen LogP contribution is 2.21. The molecule has 1 amide bonds. The number of carbonyl (C=O) groups is 1. The van der Waals surface area contributed by atoms with Crippen LogP contribution in [0.25, 0.3) is 0 Å². The first-order valence-corrected chi connectivity index (χ1v) is 11.6. The molecule has 3 rings (SSSR count). The van der Waals surface area contributed by atoms with Crippen LogP contribution in [0.5, 0.6) is 0 Å². The number of anilines is 2. The molecule has 0 aliphatic rings. The van der Waals surface area contributed by atoms with Gasteiger partial charge < -0.3 is 5.32 Å². The molecule has 3 aromatic rings. The van der Waals surface area contributed by atoms with E-state index in [4.69, 9.17) is 11.6 Å². The van der Waals surface area contributed by atoms with E-state index < -0.39 is 10.0 Å². The number of thioether (sulfide) groups is 1. The van der Waals surface area contributed by atoms with Gasteiger partial charge in [-0.15, -0.1) is 11.8 Å². The van der Waals surface area contributed by atoms with Crippen molar-refractivity contribution >= 4 is 50.7 Å². The predicted molar refractivity (Wildman–Crippen MR) is 118 cm³/mol. The molecular weight excluding hydrogens is 430 g/mol. The molecule has 0 saturated carbocycles. The standard InChI is InChI=1S/C20H18ClN3O3S2/c21-19-6-2-1-4-15(19)13-28-14-20(25)23-16-7-9-18(10-8-16)29(26,27)24-17-5-3-11-22-12-17/h1-12,24H,13-14H2,(H,23,25). The van der Waals surface area contributed by atoms with E-state index in [2.05, 4.69) is 15.0 Å². The van der Waals surface area contributed by atoms with Gasteiger partial charge in [-0.2, -0.15) is 0 Å². The van der Waals surface area contributed by atoms with E-state index in [1.807, 2.05) is 24.3 Å². The van der Waals surface area contributed by atoms with Crippen molar-refractivity contribution in [2.75, 3.05) is 15.8 Å². The van der Waals surface area contributed by atoms with E-state index in [-0.39, 0.29) is 16.6 Å². The Kier molecular flexibility index (Phi) is 7.13. The molecule has 2 N–H and O–H groups in total. The van der Waals surface area contributed by atoms with Gasteiger partial charge >= 0.3 is 0 Å². The maximum absolute atomic E-state index is 12.4. The largest absolute Gasteiger partial charge is 0.325 e. The molecule has 9 heteroatoms. The van der Waals surface area contributed by atoms with E-state index in [1.165, 1.54) is 30.1 Å². The van der Waals surface area contributed by atoms with Gasteiger partial charge in [0.25, 0.3) is 10.0 Å². The Morgan fingerprint density at radius 2 is 1.76 bits per heavy atom. The third-order valence-corrected chi connectivity index (χ3v) is 6.56. The van der Waals surface area contributed by atoms with Crippen molar-refractivity contribution in [3.05, 3.63) is 83.6 Å². The summed E-state index contributed by atoms with van der Waals surface area (Å²) in [5.41, 5.74) is 1.87. The molecule has 0 bridgehead atoms. The zero-order valence-corrected chi connectivity index (χ0v) is 17.6. The van der Waals surface area contributed by atoms with Crippen LogP contribution in [0.15, 0.2) is 78.0 Å². The van der Waals surface area contributed by atoms with Crippen LogP contribution in [0.3, 0.4) is 0 Å². The summed E-state index contributed by atoms with van der Waals surface area (Å²) in [7, 11) is -3.73. The van der Waals surface area contributed by atoms with Gasteiger partial charge in [-0.3, -0.25) is 14.5 Å². The zero-order valence-electron chi connectivity index (χ0n) is 15.2. The summed E-state index contributed by atoms with van der Waals surface area (Å²) in [5, 5.41) is 3.43. The van der Waals surface area contributed by atoms with Crippen LogP contribution in [0.4, 0.5) is 11.4 Å². The van der Waals surface area contributed by atoms with Crippen molar-refractivity contribution in [3.8, 4) is 0 Å². The number of nitrogens with zero attached hydrogens (tertiary/aromatic N) is 1. The van der Waals surface area contributed by atoms with Crippen LogP contribution in [-0.2, 0) is 20.6 Å². The second kappa shape index (κ2) is 9.78. The number of nitrogens with one attached hydrogen (secondary N) is 2. The fourth-order valence-electron chi connectivity index (χ4n) is 2.42. The molecule has 1 aromatic heterocycles. The minimum absolute atomic E-state index is 0.0902. The fourth-order valence-corrected chi connectivity index (χ4v) is 4.58. The van der Waals surface area contributed by atoms with Crippen molar-refractivity contribution < 1.29 is 13.2 Å². The molecule has 0 saturated heterocycles. The molecule has 0 unspecified atom stereocenters. The van der Waals surface area contributed by atoms with Gasteiger partial charge in [0.2, 0.25) is 5.91 Å². The Balaban J connectivity index is 1.53. The van der Waals surface area contributed by atoms with Gasteiger partial charge in [0.1, 0.15) is 0 Å². The van der Waals surface area contributed by atoms with Gasteiger partial charge in [-0.25, -0.2) is 8.42 Å². The highest BCUT2D eigenvalue weighted by atomic mass is 35.5. The third kappa shape index (κ3) is 6.22. The summed E-state index contributed by atoms with van der Waals surface area (Å²) >= 11 is 7.55. The van der Waals surface area contributed by atoms with Crippen LogP contribution < -0.4 is 10.0 Å². The minimum atomic E-state index is -3.73. The summed E-state index contributed by atoms with van der Waals surface area (Å²) in [6, 6.07) is 16.7. The Morgan fingerprint density at radius 3 is 2.45 bits per heavy atom. The molecule has 0 aliphatic heterocycles. The maximum Gasteiger partial charge on any atom is 0.261 e. The summed E-state index contributed by atoms with van der Waals surface area (Å²) in [6.07, 6.45) is 2.98. The average Bonchev–Trinajstić information content (AvgIpc) is 2.70. The monoisotopic (exact) mass is 447 g/mol. The lowest BCUT2D eigenvalue weighted by molar-refractivity contribution is -0.113. The molecule has 150 valence electrons. The summed E-state index contributed by atoms with van der Waals surface area (Å²) < 4.78 is 27.2. The quantitative estimate of drug-likeness (QED) is 0.534. The van der Waals surface area contributed by atoms with Crippen LogP contribution >= 0.6 is 23.4 Å². The molecule has 0 aliphatic carbocycles. The van der Waals surface area contributed by atoms with Gasteiger partial charge in [-0.05, 0) is 48.0 Å². The molecule has 0 radical (unpaired) electrons. The second-order valence-corrected chi connectivity index (χ2v) is 9.08. The van der Waals surface area contributed by atoms with Crippen LogP contribution in [0, 0.1) is 0 Å². The number of benzene rings is 2. The third-order valence-electron chi connectivity index (χ3n) is 3.81. The van der Waals surface area contributed by atoms with E-state index in [0.717, 1.165) is 5.56 Å². The zero-order chi connectivity index (χ0) is 20.7. The van der Waals surface area contributed by atoms with Crippen LogP contribution in [-0.4, -0.2) is 25.1 Å². The number of aromatic nitrogens is 1. The van der Waals surface area contributed by atoms with Crippen molar-refractivity contribution in [2.24, 2.45) is 0 Å². The smallest absolute Gasteiger partial charge is 0.261 e. The van der Waals surface area contributed by atoms with E-state index in [0.29, 0.717) is 22.2 Å². The number of amides is 1. The van der Waals surface area contributed by atoms with Crippen molar-refractivity contribution in [2.45, 2.75) is 10.6 Å². The van der Waals surface area contributed by atoms with Gasteiger partial charge in [0.15, 0.2) is 0 Å². The lowest BCUT2D eigenvalue weighted by Crippen LogP contribution is -2.15. The fraction of sp³-hybridized carbons (Fsp3) is 0.100. The van der Waals surface area contributed by atoms with Gasteiger partial charge in [-0.1, -0.05) is 29.8 Å². The van der Waals surface area contributed by atoms with Crippen molar-refractivity contribution in [1.29, 1.82) is 0 Å². The molecular formula is C20H18ClN3O3S2. The number of carbonyl (C=O) groups excluding carboxylic acids is 1. The Hall–Kier alpha value is -2.55. The molecule has 0 spiro atoms. The van der Waals surface area contributed by atoms with Gasteiger partial charge in [0, 0.05) is 22.7 Å². The lowest BCUT2D eigenvalue weighted by atomic mass is 10.2. The van der Waals surface area contributed by atoms with Crippen LogP contribution in [0.1, 0.15) is 5.56 Å². The summed E-state index contributed by atoms with van der Waals surface area (Å²) in [4.78, 5) is 16.1. The topological polar surface area (TPSA) is 88.2 Å². The maximum atomic E-state index is 12.4. The normalized spacial score (nSPS) is 11.1. The average molecular weight is 448 g/mol. The number of halogens is 1. The van der Waals surface area contributed by atoms with Gasteiger partial charge in [0.05, 0.1) is 22.5 Å². The highest BCUT2D eigenvalue weighted by molar-refractivity contribution is 7.99. The van der Waals surface area contributed by atoms with Crippen molar-refractivity contribution in [3.63, 3.8) is 0 Å². The first kappa shape index (κ1) is 21.2. The molecule has 2 aromatic carbocycles. The number of sulfonamides is 1. The molecule has 0 atom stereocenters. The molecule has 1 heterocycles. The predicted octanol–water partition coefficient (Wildman–Crippen LogP) is 4.41. The Bertz CT molecular complexity index is 1080. The second-order valence-electron chi connectivity index (χ2n) is 6.00. The number of rotatable bonds is 8. The summed E-state index contributed by atoms with van der Waals surface area (Å²) in [5.74, 6) is 0.712. The molecule has 29 heavy (non-hydrogen) atoms.